The molecule has 0 saturated heterocycles. The van der Waals surface area contributed by atoms with Crippen molar-refractivity contribution in [3.8, 4) is 17.3 Å². The zero-order valence-electron chi connectivity index (χ0n) is 21.3. The van der Waals surface area contributed by atoms with Crippen LogP contribution in [0, 0.1) is 44.4 Å². The van der Waals surface area contributed by atoms with Gasteiger partial charge < -0.3 is 0 Å². The fourth-order valence-electron chi connectivity index (χ4n) is 5.13. The molecule has 5 aromatic rings. The maximum atomic E-state index is 10.1. The molecular weight excluding hydrogens is 452 g/mol. The van der Waals surface area contributed by atoms with Gasteiger partial charge in [-0.05, 0) is 67.7 Å². The maximum Gasteiger partial charge on any atom is 0.230 e. The Kier molecular flexibility index (Phi) is 5.35. The lowest BCUT2D eigenvalue weighted by atomic mass is 9.90. The topological polar surface area (TPSA) is 27.7 Å². The molecule has 3 aromatic heterocycles. The molecule has 4 heteroatoms. The number of thiophene rings is 2. The number of pyridine rings is 1. The lowest BCUT2D eigenvalue weighted by Gasteiger charge is -2.17. The Labute approximate surface area is 210 Å². The van der Waals surface area contributed by atoms with Gasteiger partial charge in [-0.3, -0.25) is 0 Å². The molecule has 0 spiro atoms. The number of aryl methyl sites for hydroxylation is 4. The quantitative estimate of drug-likeness (QED) is 0.231. The highest BCUT2D eigenvalue weighted by Gasteiger charge is 2.26. The van der Waals surface area contributed by atoms with Crippen LogP contribution in [-0.4, -0.2) is 0 Å². The predicted octanol–water partition coefficient (Wildman–Crippen LogP) is 8.45. The van der Waals surface area contributed by atoms with Gasteiger partial charge in [0.2, 0.25) is 5.69 Å². The molecule has 0 bridgehead atoms. The molecule has 0 N–H and O–H groups in total. The summed E-state index contributed by atoms with van der Waals surface area (Å²) in [5.74, 6) is 0. The molecule has 0 fully saturated rings. The number of hydrogen-bond acceptors (Lipinski definition) is 3. The lowest BCUT2D eigenvalue weighted by molar-refractivity contribution is -0.659. The Bertz CT molecular complexity index is 1670. The number of rotatable bonds is 2. The first-order valence-electron chi connectivity index (χ1n) is 11.8. The number of hydrogen-bond donors (Lipinski definition) is 0. The molecule has 0 atom stereocenters. The summed E-state index contributed by atoms with van der Waals surface area (Å²) >= 11 is 3.80. The van der Waals surface area contributed by atoms with Crippen molar-refractivity contribution in [3.63, 3.8) is 0 Å². The van der Waals surface area contributed by atoms with Gasteiger partial charge in [0.1, 0.15) is 23.4 Å². The van der Waals surface area contributed by atoms with E-state index in [0.717, 1.165) is 17.4 Å². The van der Waals surface area contributed by atoms with Crippen molar-refractivity contribution >= 4 is 52.9 Å². The molecule has 2 aromatic carbocycles. The van der Waals surface area contributed by atoms with Crippen molar-refractivity contribution in [1.29, 1.82) is 5.26 Å². The maximum absolute atomic E-state index is 10.1. The van der Waals surface area contributed by atoms with E-state index in [9.17, 15) is 5.26 Å². The summed E-state index contributed by atoms with van der Waals surface area (Å²) < 4.78 is 6.04. The van der Waals surface area contributed by atoms with Gasteiger partial charge in [-0.2, -0.15) is 9.83 Å². The highest BCUT2D eigenvalue weighted by atomic mass is 32.1. The molecule has 0 amide bonds. The number of nitrogens with zero attached hydrogens (tertiary/aromatic N) is 2. The van der Waals surface area contributed by atoms with Crippen molar-refractivity contribution in [3.05, 3.63) is 63.2 Å². The van der Waals surface area contributed by atoms with Crippen LogP contribution in [-0.2, 0) is 13.5 Å². The zero-order valence-corrected chi connectivity index (χ0v) is 22.9. The molecule has 3 heterocycles. The molecular formula is C30H31N2S2+. The van der Waals surface area contributed by atoms with Crippen LogP contribution >= 0.6 is 22.7 Å². The van der Waals surface area contributed by atoms with Crippen molar-refractivity contribution < 1.29 is 4.57 Å². The average molecular weight is 484 g/mol. The van der Waals surface area contributed by atoms with Crippen molar-refractivity contribution in [1.82, 2.24) is 0 Å². The van der Waals surface area contributed by atoms with E-state index in [2.05, 4.69) is 90.4 Å². The van der Waals surface area contributed by atoms with Crippen LogP contribution in [0.1, 0.15) is 53.5 Å². The van der Waals surface area contributed by atoms with Gasteiger partial charge in [-0.15, -0.1) is 22.7 Å². The summed E-state index contributed by atoms with van der Waals surface area (Å²) in [7, 11) is 2.07. The fourth-order valence-corrected chi connectivity index (χ4v) is 8.29. The molecule has 5 rings (SSSR count). The highest BCUT2D eigenvalue weighted by Crippen LogP contribution is 2.47. The monoisotopic (exact) mass is 483 g/mol. The molecule has 0 aliphatic carbocycles. The Morgan fingerprint density at radius 2 is 1.59 bits per heavy atom. The van der Waals surface area contributed by atoms with Crippen LogP contribution in [0.5, 0.6) is 0 Å². The molecule has 2 nitrogen and oxygen atoms in total. The van der Waals surface area contributed by atoms with E-state index < -0.39 is 0 Å². The number of fused-ring (bicyclic) bond motifs is 5. The van der Waals surface area contributed by atoms with Gasteiger partial charge in [0, 0.05) is 15.6 Å². The largest absolute Gasteiger partial charge is 0.230 e. The van der Waals surface area contributed by atoms with Gasteiger partial charge >= 0.3 is 0 Å². The first-order chi connectivity index (χ1) is 16.0. The van der Waals surface area contributed by atoms with E-state index in [-0.39, 0.29) is 5.41 Å². The van der Waals surface area contributed by atoms with Gasteiger partial charge in [0.05, 0.1) is 15.0 Å². The third-order valence-corrected chi connectivity index (χ3v) is 9.58. The number of benzene rings is 2. The molecule has 0 aliphatic heterocycles. The van der Waals surface area contributed by atoms with Crippen molar-refractivity contribution in [2.45, 2.75) is 54.9 Å². The van der Waals surface area contributed by atoms with Crippen LogP contribution in [0.2, 0.25) is 0 Å². The van der Waals surface area contributed by atoms with Crippen molar-refractivity contribution in [2.24, 2.45) is 12.5 Å². The van der Waals surface area contributed by atoms with Crippen LogP contribution in [0.4, 0.5) is 0 Å². The van der Waals surface area contributed by atoms with Crippen LogP contribution in [0.15, 0.2) is 30.5 Å². The first kappa shape index (κ1) is 23.0. The van der Waals surface area contributed by atoms with E-state index in [4.69, 9.17) is 0 Å². The zero-order chi connectivity index (χ0) is 24.5. The summed E-state index contributed by atoms with van der Waals surface area (Å²) in [6.07, 6.45) is 3.09. The summed E-state index contributed by atoms with van der Waals surface area (Å²) in [5.41, 5.74) is 8.73. The molecule has 172 valence electrons. The molecule has 0 radical (unpaired) electrons. The third kappa shape index (κ3) is 3.54. The van der Waals surface area contributed by atoms with E-state index in [1.807, 2.05) is 28.9 Å². The highest BCUT2D eigenvalue weighted by molar-refractivity contribution is 7.31. The van der Waals surface area contributed by atoms with Crippen LogP contribution in [0.3, 0.4) is 0 Å². The standard InChI is InChI=1S/C30H31N2S2/c1-16-11-17(2)18(3)23(12-16)26-29-25(20(14-31)15-32(26)8)22-10-9-21-19(4)24(13-30(5,6)7)33-27(21)28(22)34-29/h9-12,15H,13H2,1-8H3/q+1. The van der Waals surface area contributed by atoms with E-state index in [0.29, 0.717) is 0 Å². The Balaban J connectivity index is 1.92. The summed E-state index contributed by atoms with van der Waals surface area (Å²) in [6.45, 7) is 15.8. The average Bonchev–Trinajstić information content (AvgIpc) is 3.27. The van der Waals surface area contributed by atoms with Gasteiger partial charge in [0.15, 0.2) is 6.20 Å². The lowest BCUT2D eigenvalue weighted by Crippen LogP contribution is -2.31. The minimum absolute atomic E-state index is 0.250. The Hall–Kier alpha value is -2.74. The smallest absolute Gasteiger partial charge is 0.198 e. The van der Waals surface area contributed by atoms with Gasteiger partial charge in [-0.1, -0.05) is 44.5 Å². The van der Waals surface area contributed by atoms with Crippen LogP contribution in [0.25, 0.3) is 41.5 Å². The van der Waals surface area contributed by atoms with E-state index in [1.54, 1.807) is 0 Å². The van der Waals surface area contributed by atoms with E-state index in [1.165, 1.54) is 63.3 Å². The number of aromatic nitrogens is 1. The van der Waals surface area contributed by atoms with Crippen LogP contribution < -0.4 is 4.57 Å². The summed E-state index contributed by atoms with van der Waals surface area (Å²) in [4.78, 5) is 1.48. The molecule has 34 heavy (non-hydrogen) atoms. The summed E-state index contributed by atoms with van der Waals surface area (Å²) in [6, 6.07) is 11.6. The third-order valence-electron chi connectivity index (χ3n) is 6.90. The fraction of sp³-hybridized carbons (Fsp3) is 0.333. The Morgan fingerprint density at radius 1 is 0.912 bits per heavy atom. The number of nitriles is 1. The molecule has 0 saturated carbocycles. The van der Waals surface area contributed by atoms with Crippen molar-refractivity contribution in [2.75, 3.05) is 0 Å². The molecule has 0 unspecified atom stereocenters. The summed E-state index contributed by atoms with van der Waals surface area (Å²) in [5, 5.41) is 13.7. The predicted molar refractivity (Wildman–Crippen MR) is 148 cm³/mol. The minimum atomic E-state index is 0.250. The molecule has 0 aliphatic rings. The second kappa shape index (κ2) is 7.90. The first-order valence-corrected chi connectivity index (χ1v) is 13.4. The minimum Gasteiger partial charge on any atom is -0.198 e. The normalized spacial score (nSPS) is 12.2. The second-order valence-corrected chi connectivity index (χ2v) is 13.0. The Morgan fingerprint density at radius 3 is 2.26 bits per heavy atom. The van der Waals surface area contributed by atoms with E-state index >= 15 is 0 Å². The van der Waals surface area contributed by atoms with Gasteiger partial charge in [-0.25, -0.2) is 0 Å². The van der Waals surface area contributed by atoms with Gasteiger partial charge in [0.25, 0.3) is 0 Å². The SMILES string of the molecule is Cc1cc(C)c(C)c(-c2c3sc4c(ccc5c(C)c(CC(C)(C)C)sc54)c3c(C#N)c[n+]2C)c1. The second-order valence-electron chi connectivity index (χ2n) is 10.9.